The van der Waals surface area contributed by atoms with Gasteiger partial charge in [0.05, 0.1) is 78.8 Å². The smallest absolute Gasteiger partial charge is 0.271 e. The fourth-order valence-corrected chi connectivity index (χ4v) is 18.8. The van der Waals surface area contributed by atoms with Crippen LogP contribution in [0.4, 0.5) is 69.6 Å². The van der Waals surface area contributed by atoms with E-state index in [0.29, 0.717) is 46.8 Å². The lowest BCUT2D eigenvalue weighted by Crippen LogP contribution is -2.24. The Labute approximate surface area is 699 Å². The van der Waals surface area contributed by atoms with E-state index < -0.39 is 25.0 Å². The van der Waals surface area contributed by atoms with Crippen molar-refractivity contribution in [2.45, 2.75) is 69.1 Å². The first kappa shape index (κ1) is 79.5. The Morgan fingerprint density at radius 1 is 0.454 bits per heavy atom. The van der Waals surface area contributed by atoms with Gasteiger partial charge in [-0.15, -0.1) is 56.7 Å². The summed E-state index contributed by atoms with van der Waals surface area (Å²) in [6.45, 7) is 10.1. The largest absolute Gasteiger partial charge is 0.326 e. The number of nitrogens with one attached hydrogen (secondary N) is 6. The number of nitro groups is 1. The van der Waals surface area contributed by atoms with E-state index >= 15 is 0 Å². The third-order valence-electron chi connectivity index (χ3n) is 18.7. The van der Waals surface area contributed by atoms with E-state index in [0.717, 1.165) is 128 Å². The Morgan fingerprint density at radius 3 is 1.50 bits per heavy atom. The number of benzene rings is 8. The van der Waals surface area contributed by atoms with Crippen molar-refractivity contribution >= 4 is 216 Å². The van der Waals surface area contributed by atoms with Crippen molar-refractivity contribution in [1.29, 1.82) is 0 Å². The summed E-state index contributed by atoms with van der Waals surface area (Å²) in [5, 5.41) is 46.6. The zero-order valence-electron chi connectivity index (χ0n) is 63.6. The van der Waals surface area contributed by atoms with Crippen LogP contribution in [0.1, 0.15) is 52.8 Å². The first-order chi connectivity index (χ1) is 57.3. The fourth-order valence-electron chi connectivity index (χ4n) is 13.5. The number of non-ortho nitro benzene ring substituents is 1. The summed E-state index contributed by atoms with van der Waals surface area (Å²) in [4.78, 5) is 82.2. The number of hydrogen-bond donors (Lipinski definition) is 8. The SMILES string of the molecule is CC(=O)Nc1cccc(Nc2ncc3ccc4ncsc4c3n2)c1.CC1(C)Cc2cnc(Nc3cccc(S(N)(=O)=O)c3)nc2-c2ccsc21.Cc1cc(C)cc(Nc2ncc3ccc4scnc4c3n2)c1.NS(=O)(=O)c1cccc(Nc2ncc3ccc4ncsc4c3n2)c1.O=[N+]([O-])c1cccc(Nc2ncc3c(n2)-c2ccsc2CC3)c1. The van der Waals surface area contributed by atoms with Gasteiger partial charge in [0, 0.05) is 127 Å². The van der Waals surface area contributed by atoms with Gasteiger partial charge in [-0.3, -0.25) is 14.9 Å². The van der Waals surface area contributed by atoms with E-state index in [2.05, 4.69) is 172 Å². The minimum Gasteiger partial charge on any atom is -0.326 e. The number of aromatic nitrogens is 13. The van der Waals surface area contributed by atoms with Gasteiger partial charge in [-0.1, -0.05) is 44.2 Å². The summed E-state index contributed by atoms with van der Waals surface area (Å²) < 4.78 is 49.1. The number of thiophene rings is 2. The number of sulfonamides is 2. The monoisotopic (exact) mass is 1710 g/mol. The molecule has 1 amide bonds. The molecule has 0 spiro atoms. The van der Waals surface area contributed by atoms with Crippen LogP contribution in [-0.4, -0.2) is 92.5 Å². The molecule has 36 heteroatoms. The van der Waals surface area contributed by atoms with Gasteiger partial charge in [-0.05, 0) is 187 Å². The number of hydrogen-bond acceptors (Lipinski definition) is 30. The third-order valence-corrected chi connectivity index (χ3v) is 25.3. The summed E-state index contributed by atoms with van der Waals surface area (Å²) in [6.07, 6.45) is 11.9. The number of carbonyl (C=O) groups excluding carboxylic acids is 1. The molecular weight excluding hydrogens is 1640 g/mol. The lowest BCUT2D eigenvalue weighted by molar-refractivity contribution is -0.384. The highest BCUT2D eigenvalue weighted by Crippen LogP contribution is 2.46. The molecule has 10 N–H and O–H groups in total. The van der Waals surface area contributed by atoms with Crippen LogP contribution >= 0.6 is 56.7 Å². The number of carbonyl (C=O) groups is 1. The molecule has 0 unspecified atom stereocenters. The van der Waals surface area contributed by atoms with Gasteiger partial charge in [-0.25, -0.2) is 91.9 Å². The Bertz CT molecular complexity index is 7180. The van der Waals surface area contributed by atoms with Crippen LogP contribution in [0.15, 0.2) is 232 Å². The average Bonchev–Trinajstić information content (AvgIpc) is 1.75. The quantitative estimate of drug-likeness (QED) is 0.0370. The number of nitro benzene ring substituents is 1. The minimum absolute atomic E-state index is 0.0261. The maximum absolute atomic E-state index is 11.5. The van der Waals surface area contributed by atoms with Crippen molar-refractivity contribution in [3.8, 4) is 22.5 Å². The molecule has 20 rings (SSSR count). The molecular formula is C83H68N22O7S7. The number of thiazole rings is 3. The van der Waals surface area contributed by atoms with Gasteiger partial charge in [0.2, 0.25) is 55.7 Å². The molecule has 2 aliphatic carbocycles. The molecule has 10 aromatic heterocycles. The number of rotatable bonds is 14. The number of fused-ring (bicyclic) bond motifs is 15. The van der Waals surface area contributed by atoms with Crippen molar-refractivity contribution in [2.75, 3.05) is 31.9 Å². The maximum atomic E-state index is 11.5. The standard InChI is InChI=1S/C18H18N4O2S2.C17H13N5OS.C17H14N4S.C16H12N4O2S.C15H11N5O2S2/c1-18(2)9-11-10-20-17(22-15(11)14-6-7-25-16(14)18)21-12-4-3-5-13(8-12)26(19,23)24;1-10(23)20-12-3-2-4-13(7-12)21-17-18-8-11-5-6-14-16(15(11)22-17)24-9-19-14;1-10-5-11(2)7-13(6-10)20-17-18-8-12-3-4-14-16(15(12)21-17)19-9-22-14;21-20(22)12-3-1-2-11(8-12)18-16-17-9-10-4-5-14-13(6-7-23-14)15(10)19-16;16-24(21,22)11-3-1-2-10(6-11)19-15-17-7-9-4-5-12-14(13(9)20-15)23-8-18-12/h3-8,10H,9H2,1-2H3,(H2,19,23,24)(H,20,21,22);2-9H,1H3,(H,20,23)(H,18,21,22);3-9H,1-2H3,(H,18,20,21);1-3,6-9H,4-5H2,(H,17,18,19);1-8H,(H2,16,21,22)(H,17,19,20). The van der Waals surface area contributed by atoms with Crippen LogP contribution in [0.3, 0.4) is 0 Å². The van der Waals surface area contributed by atoms with Gasteiger partial charge >= 0.3 is 0 Å². The van der Waals surface area contributed by atoms with Crippen LogP contribution < -0.4 is 42.2 Å². The van der Waals surface area contributed by atoms with Gasteiger partial charge in [0.25, 0.3) is 5.69 Å². The lowest BCUT2D eigenvalue weighted by Gasteiger charge is -2.30. The normalized spacial score (nSPS) is 12.4. The van der Waals surface area contributed by atoms with Crippen LogP contribution in [0.25, 0.3) is 85.9 Å². The second-order valence-electron chi connectivity index (χ2n) is 28.0. The minimum atomic E-state index is -3.76. The Balaban J connectivity index is 0.000000111. The third kappa shape index (κ3) is 18.4. The summed E-state index contributed by atoms with van der Waals surface area (Å²) >= 11 is 8.20. The molecule has 0 fully saturated rings. The molecule has 119 heavy (non-hydrogen) atoms. The van der Waals surface area contributed by atoms with Gasteiger partial charge in [0.15, 0.2) is 0 Å². The molecule has 0 atom stereocenters. The zero-order valence-corrected chi connectivity index (χ0v) is 69.3. The topological polar surface area (TPSA) is 420 Å². The van der Waals surface area contributed by atoms with Gasteiger partial charge in [0.1, 0.15) is 11.0 Å². The van der Waals surface area contributed by atoms with Crippen molar-refractivity contribution in [1.82, 2.24) is 64.8 Å². The molecule has 0 saturated heterocycles. The molecule has 18 aromatic rings. The van der Waals surface area contributed by atoms with Crippen molar-refractivity contribution in [3.05, 3.63) is 264 Å². The number of nitrogens with two attached hydrogens (primary N) is 2. The van der Waals surface area contributed by atoms with Gasteiger partial charge < -0.3 is 31.9 Å². The fraction of sp³-hybridized carbons (Fsp3) is 0.108. The highest BCUT2D eigenvalue weighted by molar-refractivity contribution is 7.89. The van der Waals surface area contributed by atoms with E-state index in [1.807, 2.05) is 84.2 Å². The van der Waals surface area contributed by atoms with E-state index in [1.165, 1.54) is 81.1 Å². The molecule has 594 valence electrons. The molecule has 29 nitrogen and oxygen atoms in total. The Morgan fingerprint density at radius 2 is 0.924 bits per heavy atom. The lowest BCUT2D eigenvalue weighted by atomic mass is 9.77. The second-order valence-corrected chi connectivity index (χ2v) is 35.7. The van der Waals surface area contributed by atoms with E-state index in [9.17, 15) is 31.7 Å². The molecule has 0 aliphatic heterocycles. The zero-order chi connectivity index (χ0) is 82.7. The number of amides is 1. The first-order valence-corrected chi connectivity index (χ1v) is 44.0. The number of aryl methyl sites for hydroxylation is 4. The summed E-state index contributed by atoms with van der Waals surface area (Å²) in [7, 11) is -7.52. The van der Waals surface area contributed by atoms with E-state index in [1.54, 1.807) is 99.6 Å². The average molecular weight is 1710 g/mol. The first-order valence-electron chi connectivity index (χ1n) is 36.5. The van der Waals surface area contributed by atoms with Crippen LogP contribution in [0, 0.1) is 24.0 Å². The molecule has 0 saturated carbocycles. The Hall–Kier alpha value is -13.3. The number of nitrogens with zero attached hydrogens (tertiary/aromatic N) is 14. The van der Waals surface area contributed by atoms with Crippen LogP contribution in [0.5, 0.6) is 0 Å². The van der Waals surface area contributed by atoms with Crippen molar-refractivity contribution < 1.29 is 26.6 Å². The molecule has 0 bridgehead atoms. The number of primary sulfonamides is 2. The molecule has 2 aliphatic rings. The van der Waals surface area contributed by atoms with Crippen molar-refractivity contribution in [2.24, 2.45) is 10.3 Å². The molecule has 10 heterocycles. The number of anilines is 11. The highest BCUT2D eigenvalue weighted by atomic mass is 32.2. The summed E-state index contributed by atoms with van der Waals surface area (Å²) in [5.74, 6) is 2.23. The predicted molar refractivity (Wildman–Crippen MR) is 475 cm³/mol. The summed E-state index contributed by atoms with van der Waals surface area (Å²) in [6, 6.07) is 48.6. The van der Waals surface area contributed by atoms with E-state index in [4.69, 9.17) is 10.3 Å². The Kier molecular flexibility index (Phi) is 22.5. The highest BCUT2D eigenvalue weighted by Gasteiger charge is 2.34. The summed E-state index contributed by atoms with van der Waals surface area (Å²) in [5.41, 5.74) is 24.0. The molecule has 8 aromatic carbocycles. The molecule has 0 radical (unpaired) electrons. The van der Waals surface area contributed by atoms with Gasteiger partial charge in [-0.2, -0.15) is 0 Å². The second kappa shape index (κ2) is 33.7. The van der Waals surface area contributed by atoms with Crippen LogP contribution in [-0.2, 0) is 49.5 Å². The van der Waals surface area contributed by atoms with E-state index in [-0.39, 0.29) is 26.8 Å². The van der Waals surface area contributed by atoms with Crippen LogP contribution in [0.2, 0.25) is 0 Å². The predicted octanol–water partition coefficient (Wildman–Crippen LogP) is 18.6. The maximum Gasteiger partial charge on any atom is 0.271 e. The van der Waals surface area contributed by atoms with Crippen molar-refractivity contribution in [3.63, 3.8) is 0 Å².